The quantitative estimate of drug-likeness (QED) is 0.667. The Balaban J connectivity index is 3.72. The van der Waals surface area contributed by atoms with E-state index in [0.717, 1.165) is 12.3 Å². The number of nitrogens with one attached hydrogen (secondary N) is 1. The van der Waals surface area contributed by atoms with Gasteiger partial charge in [0.15, 0.2) is 0 Å². The first kappa shape index (κ1) is 12.9. The summed E-state index contributed by atoms with van der Waals surface area (Å²) in [6, 6.07) is 0.628. The van der Waals surface area contributed by atoms with Crippen LogP contribution in [0.1, 0.15) is 47.0 Å². The molecule has 0 aromatic heterocycles. The minimum atomic E-state index is -0.0217. The van der Waals surface area contributed by atoms with Gasteiger partial charge in [-0.25, -0.2) is 0 Å². The van der Waals surface area contributed by atoms with E-state index >= 15 is 0 Å². The fourth-order valence-corrected chi connectivity index (χ4v) is 1.50. The molecule has 0 aliphatic carbocycles. The molecule has 0 saturated carbocycles. The van der Waals surface area contributed by atoms with Crippen LogP contribution in [-0.4, -0.2) is 18.6 Å². The standard InChI is InChI=1S/C11H26N2/c1-9(2)8-10(13-5)6-7-11(3,4)12/h9-10,13H,6-8,12H2,1-5H3. The number of rotatable bonds is 6. The molecule has 0 spiro atoms. The van der Waals surface area contributed by atoms with Crippen molar-refractivity contribution in [3.8, 4) is 0 Å². The van der Waals surface area contributed by atoms with Gasteiger partial charge >= 0.3 is 0 Å². The Morgan fingerprint density at radius 1 is 1.31 bits per heavy atom. The molecule has 0 bridgehead atoms. The first-order valence-electron chi connectivity index (χ1n) is 5.31. The molecule has 1 unspecified atom stereocenters. The minimum Gasteiger partial charge on any atom is -0.326 e. The lowest BCUT2D eigenvalue weighted by atomic mass is 9.93. The van der Waals surface area contributed by atoms with Gasteiger partial charge in [-0.1, -0.05) is 13.8 Å². The SMILES string of the molecule is CNC(CCC(C)(C)N)CC(C)C. The summed E-state index contributed by atoms with van der Waals surface area (Å²) in [5, 5.41) is 3.35. The van der Waals surface area contributed by atoms with E-state index in [1.807, 2.05) is 7.05 Å². The zero-order valence-electron chi connectivity index (χ0n) is 9.85. The third kappa shape index (κ3) is 8.26. The van der Waals surface area contributed by atoms with Crippen molar-refractivity contribution in [1.29, 1.82) is 0 Å². The summed E-state index contributed by atoms with van der Waals surface area (Å²) >= 11 is 0. The molecule has 0 fully saturated rings. The van der Waals surface area contributed by atoms with Gasteiger partial charge in [-0.3, -0.25) is 0 Å². The first-order valence-corrected chi connectivity index (χ1v) is 5.31. The molecule has 13 heavy (non-hydrogen) atoms. The third-order valence-electron chi connectivity index (χ3n) is 2.30. The van der Waals surface area contributed by atoms with E-state index in [4.69, 9.17) is 5.73 Å². The second kappa shape index (κ2) is 5.61. The Bertz CT molecular complexity index is 125. The normalized spacial score (nSPS) is 15.0. The Morgan fingerprint density at radius 3 is 2.15 bits per heavy atom. The molecule has 2 nitrogen and oxygen atoms in total. The van der Waals surface area contributed by atoms with Gasteiger partial charge in [-0.2, -0.15) is 0 Å². The van der Waals surface area contributed by atoms with Gasteiger partial charge in [0.1, 0.15) is 0 Å². The van der Waals surface area contributed by atoms with E-state index in [9.17, 15) is 0 Å². The summed E-state index contributed by atoms with van der Waals surface area (Å²) in [4.78, 5) is 0. The van der Waals surface area contributed by atoms with Gasteiger partial charge in [0.05, 0.1) is 0 Å². The highest BCUT2D eigenvalue weighted by Gasteiger charge is 2.15. The van der Waals surface area contributed by atoms with Crippen LogP contribution in [0.5, 0.6) is 0 Å². The fraction of sp³-hybridized carbons (Fsp3) is 1.00. The van der Waals surface area contributed by atoms with Crippen molar-refractivity contribution < 1.29 is 0 Å². The molecular formula is C11H26N2. The lowest BCUT2D eigenvalue weighted by Crippen LogP contribution is -2.35. The third-order valence-corrected chi connectivity index (χ3v) is 2.30. The number of hydrogen-bond acceptors (Lipinski definition) is 2. The summed E-state index contributed by atoms with van der Waals surface area (Å²) in [5.41, 5.74) is 5.92. The van der Waals surface area contributed by atoms with E-state index in [1.54, 1.807) is 0 Å². The maximum absolute atomic E-state index is 5.94. The van der Waals surface area contributed by atoms with Crippen LogP contribution in [0.15, 0.2) is 0 Å². The molecule has 0 rings (SSSR count). The van der Waals surface area contributed by atoms with Crippen LogP contribution in [0.4, 0.5) is 0 Å². The van der Waals surface area contributed by atoms with Crippen molar-refractivity contribution >= 4 is 0 Å². The molecule has 0 saturated heterocycles. The summed E-state index contributed by atoms with van der Waals surface area (Å²) in [6.45, 7) is 8.71. The Morgan fingerprint density at radius 2 is 1.85 bits per heavy atom. The summed E-state index contributed by atoms with van der Waals surface area (Å²) in [6.07, 6.45) is 3.51. The van der Waals surface area contributed by atoms with Gasteiger partial charge < -0.3 is 11.1 Å². The molecule has 0 radical (unpaired) electrons. The van der Waals surface area contributed by atoms with Gasteiger partial charge in [-0.05, 0) is 46.1 Å². The maximum atomic E-state index is 5.94. The van der Waals surface area contributed by atoms with Crippen molar-refractivity contribution in [2.75, 3.05) is 7.05 Å². The van der Waals surface area contributed by atoms with Crippen molar-refractivity contribution in [2.24, 2.45) is 11.7 Å². The maximum Gasteiger partial charge on any atom is 0.00976 e. The smallest absolute Gasteiger partial charge is 0.00976 e. The molecule has 80 valence electrons. The monoisotopic (exact) mass is 186 g/mol. The summed E-state index contributed by atoms with van der Waals surface area (Å²) in [5.74, 6) is 0.762. The predicted molar refractivity (Wildman–Crippen MR) is 59.8 cm³/mol. The second-order valence-corrected chi connectivity index (χ2v) is 5.14. The molecule has 0 aliphatic rings. The average Bonchev–Trinajstić information content (AvgIpc) is 1.95. The Hall–Kier alpha value is -0.0800. The lowest BCUT2D eigenvalue weighted by molar-refractivity contribution is 0.365. The molecule has 0 aliphatic heterocycles. The highest BCUT2D eigenvalue weighted by atomic mass is 14.9. The Kier molecular flexibility index (Phi) is 5.57. The van der Waals surface area contributed by atoms with E-state index in [0.29, 0.717) is 6.04 Å². The number of nitrogens with two attached hydrogens (primary N) is 1. The average molecular weight is 186 g/mol. The molecular weight excluding hydrogens is 160 g/mol. The molecule has 2 heteroatoms. The van der Waals surface area contributed by atoms with E-state index in [1.165, 1.54) is 12.8 Å². The predicted octanol–water partition coefficient (Wildman–Crippen LogP) is 2.14. The van der Waals surface area contributed by atoms with Crippen molar-refractivity contribution in [2.45, 2.75) is 58.5 Å². The van der Waals surface area contributed by atoms with Gasteiger partial charge in [0.2, 0.25) is 0 Å². The molecule has 0 aromatic carbocycles. The van der Waals surface area contributed by atoms with Crippen molar-refractivity contribution in [3.63, 3.8) is 0 Å². The number of hydrogen-bond donors (Lipinski definition) is 2. The zero-order chi connectivity index (χ0) is 10.5. The molecule has 3 N–H and O–H groups in total. The van der Waals surface area contributed by atoms with Crippen molar-refractivity contribution in [3.05, 3.63) is 0 Å². The largest absolute Gasteiger partial charge is 0.326 e. The summed E-state index contributed by atoms with van der Waals surface area (Å²) < 4.78 is 0. The van der Waals surface area contributed by atoms with Crippen LogP contribution in [0.25, 0.3) is 0 Å². The van der Waals surface area contributed by atoms with E-state index in [2.05, 4.69) is 33.0 Å². The van der Waals surface area contributed by atoms with Crippen LogP contribution in [0.3, 0.4) is 0 Å². The van der Waals surface area contributed by atoms with E-state index in [-0.39, 0.29) is 5.54 Å². The highest BCUT2D eigenvalue weighted by molar-refractivity contribution is 4.76. The van der Waals surface area contributed by atoms with Crippen LogP contribution in [-0.2, 0) is 0 Å². The molecule has 0 amide bonds. The van der Waals surface area contributed by atoms with Crippen LogP contribution < -0.4 is 11.1 Å². The Labute approximate surface area is 83.3 Å². The molecule has 0 aromatic rings. The highest BCUT2D eigenvalue weighted by Crippen LogP contribution is 2.14. The molecule has 1 atom stereocenters. The van der Waals surface area contributed by atoms with Crippen molar-refractivity contribution in [1.82, 2.24) is 5.32 Å². The summed E-state index contributed by atoms with van der Waals surface area (Å²) in [7, 11) is 2.04. The molecule has 0 heterocycles. The van der Waals surface area contributed by atoms with E-state index < -0.39 is 0 Å². The van der Waals surface area contributed by atoms with Crippen LogP contribution >= 0.6 is 0 Å². The fourth-order valence-electron chi connectivity index (χ4n) is 1.50. The first-order chi connectivity index (χ1) is 5.85. The van der Waals surface area contributed by atoms with Gasteiger partial charge in [0, 0.05) is 11.6 Å². The lowest BCUT2D eigenvalue weighted by Gasteiger charge is -2.24. The second-order valence-electron chi connectivity index (χ2n) is 5.14. The zero-order valence-corrected chi connectivity index (χ0v) is 9.85. The minimum absolute atomic E-state index is 0.0217. The van der Waals surface area contributed by atoms with Crippen LogP contribution in [0.2, 0.25) is 0 Å². The van der Waals surface area contributed by atoms with Gasteiger partial charge in [0.25, 0.3) is 0 Å². The van der Waals surface area contributed by atoms with Gasteiger partial charge in [-0.15, -0.1) is 0 Å². The van der Waals surface area contributed by atoms with Crippen LogP contribution in [0, 0.1) is 5.92 Å². The topological polar surface area (TPSA) is 38.0 Å².